The average molecular weight is 398 g/mol. The first-order valence-electron chi connectivity index (χ1n) is 9.72. The lowest BCUT2D eigenvalue weighted by molar-refractivity contribution is -0.137. The second-order valence-corrected chi connectivity index (χ2v) is 7.77. The Morgan fingerprint density at radius 3 is 2.83 bits per heavy atom. The Bertz CT molecular complexity index is 1070. The number of hydrogen-bond acceptors (Lipinski definition) is 4. The number of pyridine rings is 1. The predicted molar refractivity (Wildman–Crippen MR) is 109 cm³/mol. The molecule has 3 aromatic rings. The lowest BCUT2D eigenvalue weighted by Gasteiger charge is -2.31. The van der Waals surface area contributed by atoms with Crippen LogP contribution in [0.2, 0.25) is 0 Å². The third-order valence-electron chi connectivity index (χ3n) is 6.09. The Labute approximate surface area is 166 Å². The number of rotatable bonds is 2. The number of hydrogen-bond donors (Lipinski definition) is 2. The summed E-state index contributed by atoms with van der Waals surface area (Å²) in [7, 11) is 1.78. The highest BCUT2D eigenvalue weighted by Gasteiger charge is 2.45. The summed E-state index contributed by atoms with van der Waals surface area (Å²) in [6.07, 6.45) is -0.186. The fourth-order valence-electron chi connectivity index (χ4n) is 4.78. The third kappa shape index (κ3) is 3.00. The van der Waals surface area contributed by atoms with Gasteiger partial charge in [-0.25, -0.2) is 0 Å². The molecule has 0 bridgehead atoms. The molecule has 2 aromatic carbocycles. The highest BCUT2D eigenvalue weighted by molar-refractivity contribution is 5.94. The Morgan fingerprint density at radius 2 is 2.00 bits per heavy atom. The van der Waals surface area contributed by atoms with E-state index < -0.39 is 11.7 Å². The average Bonchev–Trinajstić information content (AvgIpc) is 3.00. The minimum absolute atomic E-state index is 0.0530. The topological polar surface area (TPSA) is 40.2 Å². The Hall–Kier alpha value is -2.80. The number of nitrogens with one attached hydrogen (secondary N) is 2. The first kappa shape index (κ1) is 18.2. The van der Waals surface area contributed by atoms with Crippen LogP contribution in [0.25, 0.3) is 10.8 Å². The summed E-state index contributed by atoms with van der Waals surface area (Å²) in [6, 6.07) is 10.9. The molecule has 150 valence electrons. The van der Waals surface area contributed by atoms with E-state index in [1.807, 2.05) is 35.2 Å². The first-order valence-corrected chi connectivity index (χ1v) is 9.72. The number of piperidine rings is 1. The van der Waals surface area contributed by atoms with Gasteiger partial charge in [-0.05, 0) is 30.7 Å². The molecular formula is C22H21F3N4. The van der Waals surface area contributed by atoms with Crippen molar-refractivity contribution in [3.05, 3.63) is 59.9 Å². The van der Waals surface area contributed by atoms with Crippen molar-refractivity contribution in [3.8, 4) is 0 Å². The van der Waals surface area contributed by atoms with E-state index in [4.69, 9.17) is 0 Å². The Balaban J connectivity index is 1.64. The molecule has 2 atom stereocenters. The summed E-state index contributed by atoms with van der Waals surface area (Å²) in [5.41, 5.74) is 1.63. The zero-order valence-corrected chi connectivity index (χ0v) is 15.9. The van der Waals surface area contributed by atoms with Gasteiger partial charge in [0.05, 0.1) is 23.1 Å². The standard InChI is InChI=1S/C22H21F3N4/c1-29-20-6-7-26-11-17(20)16-8-14(9-18(21(16)29)22(23,24)25)28-19-12-27-10-13-4-2-3-5-15(13)19/h2-5,8-10,12,17,20,26,28H,6-7,11H2,1H3/t17-,20-/m1/s1. The predicted octanol–water partition coefficient (Wildman–Crippen LogP) is 4.89. The smallest absolute Gasteiger partial charge is 0.370 e. The lowest BCUT2D eigenvalue weighted by atomic mass is 9.89. The molecule has 2 aliphatic rings. The molecule has 3 heterocycles. The molecule has 29 heavy (non-hydrogen) atoms. The number of alkyl halides is 3. The molecule has 0 unspecified atom stereocenters. The number of anilines is 3. The van der Waals surface area contributed by atoms with Crippen LogP contribution < -0.4 is 15.5 Å². The summed E-state index contributed by atoms with van der Waals surface area (Å²) in [5, 5.41) is 8.39. The number of likely N-dealkylation sites (N-methyl/N-ethyl adjacent to an activating group) is 1. The van der Waals surface area contributed by atoms with E-state index in [1.54, 1.807) is 19.4 Å². The molecule has 0 aliphatic carbocycles. The monoisotopic (exact) mass is 398 g/mol. The Kier molecular flexibility index (Phi) is 4.17. The molecule has 5 rings (SSSR count). The molecule has 0 spiro atoms. The summed E-state index contributed by atoms with van der Waals surface area (Å²) in [4.78, 5) is 6.05. The van der Waals surface area contributed by atoms with E-state index in [0.717, 1.165) is 29.3 Å². The molecule has 1 saturated heterocycles. The van der Waals surface area contributed by atoms with Gasteiger partial charge in [-0.1, -0.05) is 24.3 Å². The minimum Gasteiger partial charge on any atom is -0.370 e. The Morgan fingerprint density at radius 1 is 1.17 bits per heavy atom. The zero-order valence-electron chi connectivity index (χ0n) is 15.9. The quantitative estimate of drug-likeness (QED) is 0.645. The molecule has 2 aliphatic heterocycles. The van der Waals surface area contributed by atoms with Gasteiger partial charge < -0.3 is 15.5 Å². The van der Waals surface area contributed by atoms with Crippen molar-refractivity contribution in [2.24, 2.45) is 0 Å². The van der Waals surface area contributed by atoms with Crippen LogP contribution in [0.3, 0.4) is 0 Å². The van der Waals surface area contributed by atoms with Crippen LogP contribution >= 0.6 is 0 Å². The number of fused-ring (bicyclic) bond motifs is 4. The van der Waals surface area contributed by atoms with E-state index in [2.05, 4.69) is 15.6 Å². The summed E-state index contributed by atoms with van der Waals surface area (Å²) in [5.74, 6) is 0.0530. The van der Waals surface area contributed by atoms with Crippen LogP contribution in [-0.4, -0.2) is 31.2 Å². The van der Waals surface area contributed by atoms with Gasteiger partial charge in [-0.3, -0.25) is 4.98 Å². The maximum Gasteiger partial charge on any atom is 0.418 e. The van der Waals surface area contributed by atoms with Crippen molar-refractivity contribution in [1.29, 1.82) is 0 Å². The zero-order chi connectivity index (χ0) is 20.2. The molecule has 1 aromatic heterocycles. The molecule has 7 heteroatoms. The molecule has 2 N–H and O–H groups in total. The van der Waals surface area contributed by atoms with Crippen LogP contribution in [0.15, 0.2) is 48.8 Å². The van der Waals surface area contributed by atoms with Gasteiger partial charge in [0.2, 0.25) is 0 Å². The van der Waals surface area contributed by atoms with Crippen molar-refractivity contribution < 1.29 is 13.2 Å². The fraction of sp³-hybridized carbons (Fsp3) is 0.318. The summed E-state index contributed by atoms with van der Waals surface area (Å²) in [6.45, 7) is 1.52. The second kappa shape index (κ2) is 6.62. The van der Waals surface area contributed by atoms with E-state index in [0.29, 0.717) is 23.6 Å². The van der Waals surface area contributed by atoms with Crippen molar-refractivity contribution in [2.45, 2.75) is 24.6 Å². The first-order chi connectivity index (χ1) is 13.9. The third-order valence-corrected chi connectivity index (χ3v) is 6.09. The second-order valence-electron chi connectivity index (χ2n) is 7.77. The van der Waals surface area contributed by atoms with Gasteiger partial charge in [0.15, 0.2) is 0 Å². The molecule has 0 radical (unpaired) electrons. The van der Waals surface area contributed by atoms with Gasteiger partial charge in [-0.15, -0.1) is 0 Å². The number of aromatic nitrogens is 1. The van der Waals surface area contributed by atoms with Crippen LogP contribution in [0, 0.1) is 0 Å². The summed E-state index contributed by atoms with van der Waals surface area (Å²) < 4.78 is 42.0. The van der Waals surface area contributed by atoms with Gasteiger partial charge >= 0.3 is 6.18 Å². The maximum atomic E-state index is 14.0. The van der Waals surface area contributed by atoms with E-state index in [1.165, 1.54) is 6.07 Å². The van der Waals surface area contributed by atoms with Crippen LogP contribution in [0.4, 0.5) is 30.2 Å². The van der Waals surface area contributed by atoms with E-state index >= 15 is 0 Å². The normalized spacial score (nSPS) is 21.2. The van der Waals surface area contributed by atoms with Gasteiger partial charge in [0, 0.05) is 48.2 Å². The number of benzene rings is 2. The highest BCUT2D eigenvalue weighted by Crippen LogP contribution is 2.50. The van der Waals surface area contributed by atoms with E-state index in [-0.39, 0.29) is 12.0 Å². The lowest BCUT2D eigenvalue weighted by Crippen LogP contribution is -2.42. The van der Waals surface area contributed by atoms with Gasteiger partial charge in [-0.2, -0.15) is 13.2 Å². The van der Waals surface area contributed by atoms with Crippen LogP contribution in [0.5, 0.6) is 0 Å². The van der Waals surface area contributed by atoms with Crippen LogP contribution in [-0.2, 0) is 6.18 Å². The van der Waals surface area contributed by atoms with Gasteiger partial charge in [0.25, 0.3) is 0 Å². The maximum absolute atomic E-state index is 14.0. The van der Waals surface area contributed by atoms with Crippen molar-refractivity contribution in [3.63, 3.8) is 0 Å². The molecular weight excluding hydrogens is 377 g/mol. The number of nitrogens with zero attached hydrogens (tertiary/aromatic N) is 2. The molecule has 0 amide bonds. The SMILES string of the molecule is CN1c2c(cc(Nc3cncc4ccccc34)cc2C(F)(F)F)[C@H]2CNCC[C@H]21. The van der Waals surface area contributed by atoms with E-state index in [9.17, 15) is 13.2 Å². The molecule has 4 nitrogen and oxygen atoms in total. The minimum atomic E-state index is -4.42. The highest BCUT2D eigenvalue weighted by atomic mass is 19.4. The van der Waals surface area contributed by atoms with Crippen molar-refractivity contribution >= 4 is 27.8 Å². The van der Waals surface area contributed by atoms with Gasteiger partial charge in [0.1, 0.15) is 0 Å². The van der Waals surface area contributed by atoms with Crippen molar-refractivity contribution in [2.75, 3.05) is 30.4 Å². The number of halogens is 3. The molecule has 1 fully saturated rings. The summed E-state index contributed by atoms with van der Waals surface area (Å²) >= 11 is 0. The molecule has 0 saturated carbocycles. The fourth-order valence-corrected chi connectivity index (χ4v) is 4.78. The largest absolute Gasteiger partial charge is 0.418 e. The van der Waals surface area contributed by atoms with Crippen molar-refractivity contribution in [1.82, 2.24) is 10.3 Å². The van der Waals surface area contributed by atoms with Crippen LogP contribution in [0.1, 0.15) is 23.5 Å².